The summed E-state index contributed by atoms with van der Waals surface area (Å²) in [5.74, 6) is -0.152. The molecule has 1 aliphatic rings. The van der Waals surface area contributed by atoms with E-state index in [0.29, 0.717) is 0 Å². The smallest absolute Gasteiger partial charge is 0.123 e. The Kier molecular flexibility index (Phi) is 6.16. The topological polar surface area (TPSA) is 25.4 Å². The standard InChI is InChI=1S/C21H27FN2O/c1-2-25-17-21(9-8-18-5-3-7-20(22)13-18)10-12-24(16-21)15-19-6-4-11-23-14-19/h3-7,11,13-14H,2,8-10,12,15-17H2,1H3. The van der Waals surface area contributed by atoms with Gasteiger partial charge in [-0.05, 0) is 62.1 Å². The molecule has 25 heavy (non-hydrogen) atoms. The predicted octanol–water partition coefficient (Wildman–Crippen LogP) is 4.08. The minimum absolute atomic E-state index is 0.152. The molecular weight excluding hydrogens is 315 g/mol. The first-order chi connectivity index (χ1) is 12.2. The molecule has 0 aliphatic carbocycles. The van der Waals surface area contributed by atoms with E-state index in [1.54, 1.807) is 12.1 Å². The average molecular weight is 342 g/mol. The molecule has 134 valence electrons. The Balaban J connectivity index is 1.63. The molecule has 3 rings (SSSR count). The van der Waals surface area contributed by atoms with Gasteiger partial charge in [-0.1, -0.05) is 18.2 Å². The molecule has 0 radical (unpaired) electrons. The molecule has 3 nitrogen and oxygen atoms in total. The quantitative estimate of drug-likeness (QED) is 0.723. The van der Waals surface area contributed by atoms with Crippen LogP contribution < -0.4 is 0 Å². The lowest BCUT2D eigenvalue weighted by atomic mass is 9.82. The van der Waals surface area contributed by atoms with E-state index >= 15 is 0 Å². The van der Waals surface area contributed by atoms with E-state index in [1.165, 1.54) is 11.6 Å². The largest absolute Gasteiger partial charge is 0.381 e. The van der Waals surface area contributed by atoms with Gasteiger partial charge in [0.05, 0.1) is 6.61 Å². The average Bonchev–Trinajstić information content (AvgIpc) is 3.03. The van der Waals surface area contributed by atoms with Gasteiger partial charge in [-0.25, -0.2) is 4.39 Å². The number of aromatic nitrogens is 1. The van der Waals surface area contributed by atoms with E-state index in [4.69, 9.17) is 4.74 Å². The maximum atomic E-state index is 13.4. The third-order valence-corrected chi connectivity index (χ3v) is 5.09. The summed E-state index contributed by atoms with van der Waals surface area (Å²) in [6.45, 7) is 6.60. The monoisotopic (exact) mass is 342 g/mol. The van der Waals surface area contributed by atoms with E-state index in [9.17, 15) is 4.39 Å². The van der Waals surface area contributed by atoms with Gasteiger partial charge in [0.25, 0.3) is 0 Å². The van der Waals surface area contributed by atoms with Crippen molar-refractivity contribution in [1.82, 2.24) is 9.88 Å². The molecule has 1 fully saturated rings. The number of hydrogen-bond donors (Lipinski definition) is 0. The lowest BCUT2D eigenvalue weighted by molar-refractivity contribution is 0.0489. The van der Waals surface area contributed by atoms with Crippen LogP contribution in [0, 0.1) is 11.2 Å². The summed E-state index contributed by atoms with van der Waals surface area (Å²) < 4.78 is 19.2. The van der Waals surface area contributed by atoms with Crippen LogP contribution in [0.2, 0.25) is 0 Å². The molecule has 2 heterocycles. The second-order valence-electron chi connectivity index (χ2n) is 7.09. The second kappa shape index (κ2) is 8.54. The highest BCUT2D eigenvalue weighted by molar-refractivity contribution is 5.17. The van der Waals surface area contributed by atoms with Gasteiger partial charge in [-0.3, -0.25) is 9.88 Å². The van der Waals surface area contributed by atoms with Gasteiger partial charge in [0.1, 0.15) is 5.82 Å². The Labute approximate surface area is 149 Å². The Morgan fingerprint density at radius 2 is 2.12 bits per heavy atom. The zero-order chi connectivity index (χ0) is 17.5. The Bertz CT molecular complexity index is 664. The number of nitrogens with zero attached hydrogens (tertiary/aromatic N) is 2. The van der Waals surface area contributed by atoms with Gasteiger partial charge >= 0.3 is 0 Å². The van der Waals surface area contributed by atoms with Crippen molar-refractivity contribution in [3.05, 3.63) is 65.7 Å². The number of halogens is 1. The highest BCUT2D eigenvalue weighted by Gasteiger charge is 2.37. The van der Waals surface area contributed by atoms with Gasteiger partial charge in [0.15, 0.2) is 0 Å². The fourth-order valence-electron chi connectivity index (χ4n) is 3.73. The summed E-state index contributed by atoms with van der Waals surface area (Å²) in [6.07, 6.45) is 6.80. The van der Waals surface area contributed by atoms with Crippen LogP contribution in [0.3, 0.4) is 0 Å². The predicted molar refractivity (Wildman–Crippen MR) is 97.8 cm³/mol. The summed E-state index contributed by atoms with van der Waals surface area (Å²) >= 11 is 0. The molecule has 1 aromatic carbocycles. The van der Waals surface area contributed by atoms with Crippen LogP contribution >= 0.6 is 0 Å². The molecular formula is C21H27FN2O. The van der Waals surface area contributed by atoms with Crippen molar-refractivity contribution in [1.29, 1.82) is 0 Å². The highest BCUT2D eigenvalue weighted by atomic mass is 19.1. The molecule has 1 aromatic heterocycles. The second-order valence-corrected chi connectivity index (χ2v) is 7.09. The minimum Gasteiger partial charge on any atom is -0.381 e. The lowest BCUT2D eigenvalue weighted by Crippen LogP contribution is -2.32. The highest BCUT2D eigenvalue weighted by Crippen LogP contribution is 2.36. The van der Waals surface area contributed by atoms with Crippen LogP contribution in [0.1, 0.15) is 30.9 Å². The summed E-state index contributed by atoms with van der Waals surface area (Å²) in [4.78, 5) is 6.70. The molecule has 4 heteroatoms. The van der Waals surface area contributed by atoms with Crippen molar-refractivity contribution in [2.75, 3.05) is 26.3 Å². The van der Waals surface area contributed by atoms with Crippen molar-refractivity contribution >= 4 is 0 Å². The SMILES string of the molecule is CCOCC1(CCc2cccc(F)c2)CCN(Cc2cccnc2)C1. The fraction of sp³-hybridized carbons (Fsp3) is 0.476. The maximum Gasteiger partial charge on any atom is 0.123 e. The number of rotatable bonds is 8. The zero-order valence-corrected chi connectivity index (χ0v) is 15.0. The molecule has 0 saturated carbocycles. The van der Waals surface area contributed by atoms with Gasteiger partial charge in [0.2, 0.25) is 0 Å². The molecule has 0 bridgehead atoms. The van der Waals surface area contributed by atoms with E-state index in [2.05, 4.69) is 16.0 Å². The van der Waals surface area contributed by atoms with Gasteiger partial charge < -0.3 is 4.74 Å². The van der Waals surface area contributed by atoms with E-state index in [-0.39, 0.29) is 11.2 Å². The van der Waals surface area contributed by atoms with Gasteiger partial charge in [0, 0.05) is 37.5 Å². The number of likely N-dealkylation sites (tertiary alicyclic amines) is 1. The van der Waals surface area contributed by atoms with Crippen molar-refractivity contribution in [2.45, 2.75) is 32.7 Å². The maximum absolute atomic E-state index is 13.4. The van der Waals surface area contributed by atoms with Crippen LogP contribution in [0.25, 0.3) is 0 Å². The number of pyridine rings is 1. The van der Waals surface area contributed by atoms with E-state index < -0.39 is 0 Å². The van der Waals surface area contributed by atoms with Crippen LogP contribution in [0.4, 0.5) is 4.39 Å². The molecule has 1 aliphatic heterocycles. The molecule has 1 atom stereocenters. The van der Waals surface area contributed by atoms with E-state index in [1.807, 2.05) is 31.5 Å². The first kappa shape index (κ1) is 18.0. The van der Waals surface area contributed by atoms with Crippen LogP contribution in [-0.4, -0.2) is 36.2 Å². The molecule has 0 N–H and O–H groups in total. The minimum atomic E-state index is -0.152. The Morgan fingerprint density at radius 1 is 1.24 bits per heavy atom. The van der Waals surface area contributed by atoms with Crippen molar-refractivity contribution in [3.8, 4) is 0 Å². The number of aryl methyl sites for hydroxylation is 1. The lowest BCUT2D eigenvalue weighted by Gasteiger charge is -2.29. The third kappa shape index (κ3) is 5.10. The van der Waals surface area contributed by atoms with Crippen molar-refractivity contribution in [3.63, 3.8) is 0 Å². The first-order valence-corrected chi connectivity index (χ1v) is 9.13. The normalized spacial score (nSPS) is 20.9. The first-order valence-electron chi connectivity index (χ1n) is 9.13. The Hall–Kier alpha value is -1.78. The van der Waals surface area contributed by atoms with Gasteiger partial charge in [-0.2, -0.15) is 0 Å². The molecule has 1 saturated heterocycles. The third-order valence-electron chi connectivity index (χ3n) is 5.09. The van der Waals surface area contributed by atoms with Gasteiger partial charge in [-0.15, -0.1) is 0 Å². The van der Waals surface area contributed by atoms with Crippen LogP contribution in [0.15, 0.2) is 48.8 Å². The molecule has 0 spiro atoms. The number of benzene rings is 1. The Morgan fingerprint density at radius 3 is 2.88 bits per heavy atom. The fourth-order valence-corrected chi connectivity index (χ4v) is 3.73. The summed E-state index contributed by atoms with van der Waals surface area (Å²) in [5.41, 5.74) is 2.48. The van der Waals surface area contributed by atoms with Crippen LogP contribution in [0.5, 0.6) is 0 Å². The summed E-state index contributed by atoms with van der Waals surface area (Å²) in [6, 6.07) is 11.1. The molecule has 2 aromatic rings. The number of hydrogen-bond acceptors (Lipinski definition) is 3. The summed E-state index contributed by atoms with van der Waals surface area (Å²) in [5, 5.41) is 0. The van der Waals surface area contributed by atoms with Crippen molar-refractivity contribution in [2.24, 2.45) is 5.41 Å². The van der Waals surface area contributed by atoms with E-state index in [0.717, 1.165) is 57.7 Å². The van der Waals surface area contributed by atoms with Crippen molar-refractivity contribution < 1.29 is 9.13 Å². The van der Waals surface area contributed by atoms with Crippen LogP contribution in [-0.2, 0) is 17.7 Å². The zero-order valence-electron chi connectivity index (χ0n) is 15.0. The molecule has 1 unspecified atom stereocenters. The molecule has 0 amide bonds. The summed E-state index contributed by atoms with van der Waals surface area (Å²) in [7, 11) is 0. The number of ether oxygens (including phenoxy) is 1.